The fourth-order valence-electron chi connectivity index (χ4n) is 4.73. The van der Waals surface area contributed by atoms with Crippen LogP contribution < -0.4 is 10.2 Å². The lowest BCUT2D eigenvalue weighted by Gasteiger charge is -2.26. The Morgan fingerprint density at radius 2 is 2.00 bits per heavy atom. The molecule has 2 amide bonds. The molecule has 0 spiro atoms. The van der Waals surface area contributed by atoms with Crippen molar-refractivity contribution < 1.29 is 14.1 Å². The zero-order chi connectivity index (χ0) is 24.2. The second kappa shape index (κ2) is 10.1. The van der Waals surface area contributed by atoms with Crippen molar-refractivity contribution in [3.05, 3.63) is 54.9 Å². The van der Waals surface area contributed by atoms with Crippen LogP contribution in [0.5, 0.6) is 0 Å². The summed E-state index contributed by atoms with van der Waals surface area (Å²) in [5.74, 6) is 0.356. The van der Waals surface area contributed by atoms with E-state index in [0.717, 1.165) is 49.9 Å². The number of hydrogen-bond donors (Lipinski definition) is 1. The van der Waals surface area contributed by atoms with Gasteiger partial charge in [-0.2, -0.15) is 0 Å². The third-order valence-electron chi connectivity index (χ3n) is 6.65. The molecule has 1 aliphatic carbocycles. The van der Waals surface area contributed by atoms with Crippen molar-refractivity contribution in [3.8, 4) is 0 Å². The van der Waals surface area contributed by atoms with Crippen LogP contribution in [0.4, 0.5) is 11.6 Å². The molecule has 1 aliphatic rings. The van der Waals surface area contributed by atoms with Crippen molar-refractivity contribution in [2.24, 2.45) is 5.92 Å². The standard InChI is InChI=1S/C25H29N7O3/c1-30(24(34)18-6-3-2-4-7-18)19-8-9-21-20(16-19)28-25(29-23(33)22-10-11-27-35-22)32(21)14-5-13-31-15-12-26-17-31/h8-12,15-18H,2-7,13-14H2,1H3,(H,28,29,33). The lowest BCUT2D eigenvalue weighted by atomic mass is 9.88. The van der Waals surface area contributed by atoms with E-state index in [1.807, 2.05) is 40.6 Å². The van der Waals surface area contributed by atoms with E-state index in [1.54, 1.807) is 17.4 Å². The van der Waals surface area contributed by atoms with Gasteiger partial charge in [-0.1, -0.05) is 24.4 Å². The van der Waals surface area contributed by atoms with Crippen LogP contribution >= 0.6 is 0 Å². The van der Waals surface area contributed by atoms with E-state index >= 15 is 0 Å². The molecule has 0 radical (unpaired) electrons. The normalized spacial score (nSPS) is 14.3. The summed E-state index contributed by atoms with van der Waals surface area (Å²) in [6.07, 6.45) is 13.0. The molecule has 1 N–H and O–H groups in total. The van der Waals surface area contributed by atoms with Gasteiger partial charge in [-0.15, -0.1) is 0 Å². The molecule has 0 bridgehead atoms. The average Bonchev–Trinajstić information content (AvgIpc) is 3.66. The highest BCUT2D eigenvalue weighted by molar-refractivity contribution is 6.02. The maximum Gasteiger partial charge on any atom is 0.296 e. The number of rotatable bonds is 8. The fraction of sp³-hybridized carbons (Fsp3) is 0.400. The minimum atomic E-state index is -0.418. The minimum absolute atomic E-state index is 0.0851. The number of amides is 2. The number of nitrogens with one attached hydrogen (secondary N) is 1. The van der Waals surface area contributed by atoms with E-state index in [-0.39, 0.29) is 17.6 Å². The van der Waals surface area contributed by atoms with Crippen molar-refractivity contribution in [1.29, 1.82) is 0 Å². The Balaban J connectivity index is 1.41. The number of benzene rings is 1. The van der Waals surface area contributed by atoms with Gasteiger partial charge in [0, 0.05) is 50.2 Å². The zero-order valence-electron chi connectivity index (χ0n) is 19.8. The molecular formula is C25H29N7O3. The monoisotopic (exact) mass is 475 g/mol. The second-order valence-electron chi connectivity index (χ2n) is 8.98. The number of aryl methyl sites for hydroxylation is 2. The van der Waals surface area contributed by atoms with Gasteiger partial charge in [0.1, 0.15) is 0 Å². The third-order valence-corrected chi connectivity index (χ3v) is 6.65. The maximum atomic E-state index is 13.1. The SMILES string of the molecule is CN(C(=O)C1CCCCC1)c1ccc2c(c1)nc(NC(=O)c1ccno1)n2CCCn1ccnc1. The summed E-state index contributed by atoms with van der Waals surface area (Å²) < 4.78 is 8.98. The number of nitrogens with zero attached hydrogens (tertiary/aromatic N) is 6. The molecule has 1 fully saturated rings. The first-order valence-electron chi connectivity index (χ1n) is 12.1. The number of hydrogen-bond acceptors (Lipinski definition) is 6. The Morgan fingerprint density at radius 3 is 2.74 bits per heavy atom. The fourth-order valence-corrected chi connectivity index (χ4v) is 4.73. The van der Waals surface area contributed by atoms with Crippen LogP contribution in [0.3, 0.4) is 0 Å². The van der Waals surface area contributed by atoms with Gasteiger partial charge in [-0.05, 0) is 37.5 Å². The van der Waals surface area contributed by atoms with Gasteiger partial charge >= 0.3 is 0 Å². The Labute approximate surface area is 202 Å². The van der Waals surface area contributed by atoms with Gasteiger partial charge in [-0.3, -0.25) is 14.9 Å². The highest BCUT2D eigenvalue weighted by Crippen LogP contribution is 2.29. The van der Waals surface area contributed by atoms with Crippen LogP contribution in [0, 0.1) is 5.92 Å². The molecule has 182 valence electrons. The number of aromatic nitrogens is 5. The molecule has 5 rings (SSSR count). The van der Waals surface area contributed by atoms with Gasteiger partial charge in [0.25, 0.3) is 5.91 Å². The number of anilines is 2. The van der Waals surface area contributed by atoms with E-state index in [1.165, 1.54) is 18.7 Å². The summed E-state index contributed by atoms with van der Waals surface area (Å²) in [6, 6.07) is 7.32. The lowest BCUT2D eigenvalue weighted by molar-refractivity contribution is -0.123. The van der Waals surface area contributed by atoms with E-state index < -0.39 is 5.91 Å². The summed E-state index contributed by atoms with van der Waals surface area (Å²) in [7, 11) is 1.83. The van der Waals surface area contributed by atoms with E-state index in [9.17, 15) is 9.59 Å². The first-order valence-corrected chi connectivity index (χ1v) is 12.1. The Bertz CT molecular complexity index is 1290. The molecule has 3 heterocycles. The summed E-state index contributed by atoms with van der Waals surface area (Å²) in [6.45, 7) is 1.42. The molecule has 10 heteroatoms. The van der Waals surface area contributed by atoms with Crippen LogP contribution in [-0.4, -0.2) is 43.1 Å². The number of imidazole rings is 2. The molecule has 0 unspecified atom stereocenters. The van der Waals surface area contributed by atoms with Crippen molar-refractivity contribution in [2.75, 3.05) is 17.3 Å². The molecule has 0 aliphatic heterocycles. The summed E-state index contributed by atoms with van der Waals surface area (Å²) in [5.41, 5.74) is 2.39. The Morgan fingerprint density at radius 1 is 1.14 bits per heavy atom. The summed E-state index contributed by atoms with van der Waals surface area (Å²) in [4.78, 5) is 36.2. The predicted octanol–water partition coefficient (Wildman–Crippen LogP) is 4.11. The smallest absolute Gasteiger partial charge is 0.296 e. The largest absolute Gasteiger partial charge is 0.351 e. The van der Waals surface area contributed by atoms with Gasteiger partial charge in [0.15, 0.2) is 0 Å². The highest BCUT2D eigenvalue weighted by Gasteiger charge is 2.25. The minimum Gasteiger partial charge on any atom is -0.351 e. The van der Waals surface area contributed by atoms with Crippen LogP contribution in [-0.2, 0) is 17.9 Å². The average molecular weight is 476 g/mol. The van der Waals surface area contributed by atoms with E-state index in [4.69, 9.17) is 9.51 Å². The van der Waals surface area contributed by atoms with Gasteiger partial charge in [0.2, 0.25) is 17.6 Å². The number of carbonyl (C=O) groups excluding carboxylic acids is 2. The Kier molecular flexibility index (Phi) is 6.60. The van der Waals surface area contributed by atoms with Crippen molar-refractivity contribution >= 4 is 34.5 Å². The first kappa shape index (κ1) is 22.8. The summed E-state index contributed by atoms with van der Waals surface area (Å²) in [5, 5.41) is 6.45. The molecule has 35 heavy (non-hydrogen) atoms. The molecule has 3 aromatic heterocycles. The van der Waals surface area contributed by atoms with E-state index in [2.05, 4.69) is 15.5 Å². The maximum absolute atomic E-state index is 13.1. The van der Waals surface area contributed by atoms with Crippen molar-refractivity contribution in [2.45, 2.75) is 51.6 Å². The second-order valence-corrected chi connectivity index (χ2v) is 8.98. The van der Waals surface area contributed by atoms with Crippen molar-refractivity contribution in [1.82, 2.24) is 24.3 Å². The summed E-state index contributed by atoms with van der Waals surface area (Å²) >= 11 is 0. The molecule has 1 aromatic carbocycles. The van der Waals surface area contributed by atoms with E-state index in [0.29, 0.717) is 18.0 Å². The first-order chi connectivity index (χ1) is 17.1. The lowest BCUT2D eigenvalue weighted by Crippen LogP contribution is -2.33. The van der Waals surface area contributed by atoms with Gasteiger partial charge in [-0.25, -0.2) is 9.97 Å². The molecule has 4 aromatic rings. The van der Waals surface area contributed by atoms with Crippen LogP contribution in [0.1, 0.15) is 49.1 Å². The quantitative estimate of drug-likeness (QED) is 0.411. The third kappa shape index (κ3) is 4.96. The molecule has 0 saturated heterocycles. The number of carbonyl (C=O) groups is 2. The molecule has 0 atom stereocenters. The van der Waals surface area contributed by atoms with Gasteiger partial charge in [0.05, 0.1) is 23.6 Å². The highest BCUT2D eigenvalue weighted by atomic mass is 16.5. The van der Waals surface area contributed by atoms with Gasteiger partial charge < -0.3 is 18.6 Å². The van der Waals surface area contributed by atoms with Crippen LogP contribution in [0.2, 0.25) is 0 Å². The predicted molar refractivity (Wildman–Crippen MR) is 131 cm³/mol. The molecule has 1 saturated carbocycles. The van der Waals surface area contributed by atoms with Crippen LogP contribution in [0.25, 0.3) is 11.0 Å². The van der Waals surface area contributed by atoms with Crippen LogP contribution in [0.15, 0.2) is 53.7 Å². The Hall–Kier alpha value is -3.95. The number of fused-ring (bicyclic) bond motifs is 1. The van der Waals surface area contributed by atoms with Crippen molar-refractivity contribution in [3.63, 3.8) is 0 Å². The topological polar surface area (TPSA) is 111 Å². The molecule has 10 nitrogen and oxygen atoms in total. The molecular weight excluding hydrogens is 446 g/mol. The zero-order valence-corrected chi connectivity index (χ0v) is 19.8.